The van der Waals surface area contributed by atoms with Gasteiger partial charge in [-0.1, -0.05) is 0 Å². The molecule has 0 radical (unpaired) electrons. The molecule has 134 valence electrons. The number of phenols is 1. The van der Waals surface area contributed by atoms with Crippen LogP contribution in [-0.2, 0) is 0 Å². The van der Waals surface area contributed by atoms with E-state index in [0.717, 1.165) is 23.4 Å². The van der Waals surface area contributed by atoms with Gasteiger partial charge in [-0.2, -0.15) is 4.98 Å². The number of hydrogen-bond donors (Lipinski definition) is 2. The number of carboxylic acid groups (broad SMARTS) is 1. The molecule has 2 aliphatic heterocycles. The van der Waals surface area contributed by atoms with Crippen molar-refractivity contribution in [2.24, 2.45) is 0 Å². The molecule has 0 aliphatic carbocycles. The molecule has 2 N–H and O–H groups in total. The highest BCUT2D eigenvalue weighted by molar-refractivity contribution is 7.13. The van der Waals surface area contributed by atoms with Gasteiger partial charge in [-0.05, 0) is 25.0 Å². The fourth-order valence-electron chi connectivity index (χ4n) is 4.01. The van der Waals surface area contributed by atoms with Crippen molar-refractivity contribution in [2.45, 2.75) is 24.9 Å². The van der Waals surface area contributed by atoms with E-state index in [-0.39, 0.29) is 17.8 Å². The third-order valence-electron chi connectivity index (χ3n) is 5.15. The Morgan fingerprint density at radius 2 is 2.04 bits per heavy atom. The second kappa shape index (κ2) is 5.60. The van der Waals surface area contributed by atoms with E-state index in [1.165, 1.54) is 11.3 Å². The normalized spacial score (nSPS) is 22.3. The number of aromatic hydroxyl groups is 1. The van der Waals surface area contributed by atoms with Gasteiger partial charge in [-0.3, -0.25) is 4.90 Å². The number of carbonyl (C=O) groups is 1. The van der Waals surface area contributed by atoms with Gasteiger partial charge >= 0.3 is 6.09 Å². The van der Waals surface area contributed by atoms with Crippen LogP contribution in [0.2, 0.25) is 0 Å². The van der Waals surface area contributed by atoms with Crippen molar-refractivity contribution in [1.82, 2.24) is 14.9 Å². The van der Waals surface area contributed by atoms with E-state index in [2.05, 4.69) is 9.97 Å². The molecule has 4 heterocycles. The molecule has 3 aromatic rings. The summed E-state index contributed by atoms with van der Waals surface area (Å²) in [5, 5.41) is 22.3. The van der Waals surface area contributed by atoms with Crippen molar-refractivity contribution in [2.75, 3.05) is 18.0 Å². The summed E-state index contributed by atoms with van der Waals surface area (Å²) >= 11 is 1.49. The molecular formula is C17H16N4O4S. The minimum Gasteiger partial charge on any atom is -0.506 e. The monoisotopic (exact) mass is 372 g/mol. The molecule has 1 aromatic carbocycles. The van der Waals surface area contributed by atoms with Crippen molar-refractivity contribution in [1.29, 1.82) is 0 Å². The molecule has 2 unspecified atom stereocenters. The Morgan fingerprint density at radius 3 is 2.69 bits per heavy atom. The molecule has 2 aromatic heterocycles. The van der Waals surface area contributed by atoms with Gasteiger partial charge in [-0.15, -0.1) is 11.3 Å². The molecule has 2 aliphatic rings. The number of nitrogens with zero attached hydrogens (tertiary/aromatic N) is 4. The molecule has 1 amide bonds. The molecular weight excluding hydrogens is 356 g/mol. The molecule has 26 heavy (non-hydrogen) atoms. The molecule has 9 heteroatoms. The van der Waals surface area contributed by atoms with Gasteiger partial charge in [0.1, 0.15) is 10.8 Å². The van der Waals surface area contributed by atoms with Crippen LogP contribution in [0.25, 0.3) is 21.7 Å². The molecule has 2 bridgehead atoms. The molecule has 0 spiro atoms. The van der Waals surface area contributed by atoms with Crippen LogP contribution in [0.1, 0.15) is 12.8 Å². The average Bonchev–Trinajstić information content (AvgIpc) is 3.34. The Morgan fingerprint density at radius 1 is 1.27 bits per heavy atom. The number of amides is 1. The zero-order valence-corrected chi connectivity index (χ0v) is 14.5. The zero-order chi connectivity index (χ0) is 17.8. The smallest absolute Gasteiger partial charge is 0.407 e. The van der Waals surface area contributed by atoms with Crippen molar-refractivity contribution < 1.29 is 19.4 Å². The van der Waals surface area contributed by atoms with Crippen molar-refractivity contribution in [3.05, 3.63) is 23.7 Å². The Bertz CT molecular complexity index is 972. The average molecular weight is 372 g/mol. The number of oxazole rings is 1. The number of aromatic nitrogens is 2. The molecule has 2 fully saturated rings. The van der Waals surface area contributed by atoms with Crippen LogP contribution in [0, 0.1) is 0 Å². The standard InChI is InChI=1S/C17H16N4O4S/c22-12-4-3-11(15-18-5-6-26-15)14-13(12)19-16(25-14)20-7-9-1-2-10(8-20)21(9)17(23)24/h3-6,9-10,22H,1-2,7-8H2,(H,23,24). The number of thiazole rings is 1. The van der Waals surface area contributed by atoms with E-state index in [1.807, 2.05) is 10.3 Å². The Balaban J connectivity index is 1.54. The first-order valence-electron chi connectivity index (χ1n) is 8.40. The summed E-state index contributed by atoms with van der Waals surface area (Å²) in [6.07, 6.45) is 2.56. The van der Waals surface area contributed by atoms with Crippen LogP contribution in [0.4, 0.5) is 10.8 Å². The van der Waals surface area contributed by atoms with E-state index in [4.69, 9.17) is 4.42 Å². The number of rotatable bonds is 2. The van der Waals surface area contributed by atoms with Crippen LogP contribution in [0.15, 0.2) is 28.1 Å². The first-order chi connectivity index (χ1) is 12.6. The Labute approximate surface area is 152 Å². The SMILES string of the molecule is O=C(O)N1C2CCC1CN(c1nc3c(O)ccc(-c4nccs4)c3o1)C2. The molecule has 2 saturated heterocycles. The van der Waals surface area contributed by atoms with E-state index < -0.39 is 6.09 Å². The lowest BCUT2D eigenvalue weighted by atomic mass is 10.2. The minimum atomic E-state index is -0.863. The molecule has 2 atom stereocenters. The summed E-state index contributed by atoms with van der Waals surface area (Å²) in [7, 11) is 0. The van der Waals surface area contributed by atoms with Gasteiger partial charge < -0.3 is 19.5 Å². The number of fused-ring (bicyclic) bond motifs is 3. The maximum Gasteiger partial charge on any atom is 0.407 e. The van der Waals surface area contributed by atoms with E-state index in [9.17, 15) is 15.0 Å². The van der Waals surface area contributed by atoms with Crippen LogP contribution >= 0.6 is 11.3 Å². The number of piperazine rings is 1. The Kier molecular flexibility index (Phi) is 3.33. The predicted molar refractivity (Wildman–Crippen MR) is 95.7 cm³/mol. The number of benzene rings is 1. The maximum absolute atomic E-state index is 11.4. The first-order valence-corrected chi connectivity index (χ1v) is 9.28. The summed E-state index contributed by atoms with van der Waals surface area (Å²) in [5.74, 6) is 0.0578. The van der Waals surface area contributed by atoms with E-state index in [1.54, 1.807) is 23.2 Å². The van der Waals surface area contributed by atoms with Gasteiger partial charge in [0.25, 0.3) is 6.01 Å². The van der Waals surface area contributed by atoms with E-state index in [0.29, 0.717) is 30.2 Å². The zero-order valence-electron chi connectivity index (χ0n) is 13.7. The fourth-order valence-corrected chi connectivity index (χ4v) is 4.67. The second-order valence-electron chi connectivity index (χ2n) is 6.62. The highest BCUT2D eigenvalue weighted by Gasteiger charge is 2.43. The van der Waals surface area contributed by atoms with Crippen LogP contribution in [-0.4, -0.2) is 56.3 Å². The van der Waals surface area contributed by atoms with Crippen LogP contribution in [0.5, 0.6) is 5.75 Å². The number of anilines is 1. The topological polar surface area (TPSA) is 103 Å². The molecule has 8 nitrogen and oxygen atoms in total. The van der Waals surface area contributed by atoms with E-state index >= 15 is 0 Å². The summed E-state index contributed by atoms with van der Waals surface area (Å²) in [4.78, 5) is 23.8. The molecule has 5 rings (SSSR count). The quantitative estimate of drug-likeness (QED) is 0.713. The lowest BCUT2D eigenvalue weighted by Gasteiger charge is -2.38. The summed E-state index contributed by atoms with van der Waals surface area (Å²) in [6, 6.07) is 3.69. The lowest BCUT2D eigenvalue weighted by molar-refractivity contribution is 0.114. The van der Waals surface area contributed by atoms with Crippen LogP contribution in [0.3, 0.4) is 0 Å². The summed E-state index contributed by atoms with van der Waals surface area (Å²) in [6.45, 7) is 1.09. The lowest BCUT2D eigenvalue weighted by Crippen LogP contribution is -2.55. The van der Waals surface area contributed by atoms with Crippen LogP contribution < -0.4 is 4.90 Å². The predicted octanol–water partition coefficient (Wildman–Crippen LogP) is 2.99. The van der Waals surface area contributed by atoms with Crippen molar-refractivity contribution in [3.8, 4) is 16.3 Å². The second-order valence-corrected chi connectivity index (χ2v) is 7.52. The van der Waals surface area contributed by atoms with Gasteiger partial charge in [0, 0.05) is 24.7 Å². The van der Waals surface area contributed by atoms with Gasteiger partial charge in [0.05, 0.1) is 17.6 Å². The van der Waals surface area contributed by atoms with Gasteiger partial charge in [-0.25, -0.2) is 9.78 Å². The highest BCUT2D eigenvalue weighted by atomic mass is 32.1. The highest BCUT2D eigenvalue weighted by Crippen LogP contribution is 2.39. The largest absolute Gasteiger partial charge is 0.506 e. The van der Waals surface area contributed by atoms with Crippen molar-refractivity contribution >= 4 is 34.5 Å². The summed E-state index contributed by atoms with van der Waals surface area (Å²) in [5.41, 5.74) is 1.70. The number of phenolic OH excluding ortho intramolecular Hbond substituents is 1. The third kappa shape index (κ3) is 2.23. The Hall–Kier alpha value is -2.81. The molecule has 0 saturated carbocycles. The van der Waals surface area contributed by atoms with Gasteiger partial charge in [0.2, 0.25) is 0 Å². The first kappa shape index (κ1) is 15.4. The number of hydrogen-bond acceptors (Lipinski definition) is 7. The summed E-state index contributed by atoms with van der Waals surface area (Å²) < 4.78 is 6.02. The maximum atomic E-state index is 11.4. The van der Waals surface area contributed by atoms with Crippen molar-refractivity contribution in [3.63, 3.8) is 0 Å². The van der Waals surface area contributed by atoms with Gasteiger partial charge in [0.15, 0.2) is 11.1 Å². The fraction of sp³-hybridized carbons (Fsp3) is 0.353. The third-order valence-corrected chi connectivity index (χ3v) is 5.95. The minimum absolute atomic E-state index is 0.0479.